The van der Waals surface area contributed by atoms with E-state index in [-0.39, 0.29) is 17.6 Å². The maximum atomic E-state index is 12.7. The number of anilines is 3. The van der Waals surface area contributed by atoms with Crippen LogP contribution < -0.4 is 15.4 Å². The van der Waals surface area contributed by atoms with Crippen LogP contribution in [-0.2, 0) is 10.0 Å². The van der Waals surface area contributed by atoms with Crippen molar-refractivity contribution in [2.75, 3.05) is 21.6 Å². The van der Waals surface area contributed by atoms with Crippen LogP contribution in [-0.4, -0.2) is 26.5 Å². The molecule has 3 aromatic carbocycles. The number of nitrogens with one attached hydrogen (secondary N) is 3. The van der Waals surface area contributed by atoms with Crippen molar-refractivity contribution in [3.8, 4) is 11.1 Å². The second-order valence-electron chi connectivity index (χ2n) is 7.94. The molecule has 0 spiro atoms. The minimum Gasteiger partial charge on any atom is -0.459 e. The molecular formula is C26H23N3O5S. The topological polar surface area (TPSA) is 118 Å². The van der Waals surface area contributed by atoms with Crippen LogP contribution in [0.5, 0.6) is 0 Å². The molecule has 35 heavy (non-hydrogen) atoms. The Morgan fingerprint density at radius 3 is 2.03 bits per heavy atom. The standard InChI is InChI=1S/C26H23N3O5S/c1-17-5-10-22(28-26(31)24-4-3-15-34-24)16-23(17)18-6-8-19(9-7-18)25(30)27-20-11-13-21(14-12-20)29-35(2,32)33/h3-16,29H,1-2H3,(H,27,30)(H,28,31). The van der Waals surface area contributed by atoms with Crippen molar-refractivity contribution in [3.63, 3.8) is 0 Å². The van der Waals surface area contributed by atoms with Crippen LogP contribution in [0.2, 0.25) is 0 Å². The molecule has 0 aliphatic carbocycles. The fourth-order valence-electron chi connectivity index (χ4n) is 3.45. The zero-order valence-corrected chi connectivity index (χ0v) is 19.8. The highest BCUT2D eigenvalue weighted by molar-refractivity contribution is 7.92. The van der Waals surface area contributed by atoms with Crippen molar-refractivity contribution in [1.29, 1.82) is 0 Å². The van der Waals surface area contributed by atoms with Crippen LogP contribution in [0.4, 0.5) is 17.1 Å². The van der Waals surface area contributed by atoms with Gasteiger partial charge in [-0.25, -0.2) is 8.42 Å². The average molecular weight is 490 g/mol. The molecule has 178 valence electrons. The van der Waals surface area contributed by atoms with Gasteiger partial charge in [-0.3, -0.25) is 14.3 Å². The first-order valence-corrected chi connectivity index (χ1v) is 12.5. The van der Waals surface area contributed by atoms with E-state index in [9.17, 15) is 18.0 Å². The highest BCUT2D eigenvalue weighted by Gasteiger charge is 2.12. The molecule has 1 heterocycles. The van der Waals surface area contributed by atoms with E-state index in [2.05, 4.69) is 15.4 Å². The van der Waals surface area contributed by atoms with Crippen molar-refractivity contribution in [3.05, 3.63) is 102 Å². The minimum absolute atomic E-state index is 0.226. The molecule has 9 heteroatoms. The lowest BCUT2D eigenvalue weighted by atomic mass is 9.98. The largest absolute Gasteiger partial charge is 0.459 e. The monoisotopic (exact) mass is 489 g/mol. The third kappa shape index (κ3) is 6.15. The van der Waals surface area contributed by atoms with E-state index in [1.54, 1.807) is 48.5 Å². The van der Waals surface area contributed by atoms with Crippen LogP contribution in [0.3, 0.4) is 0 Å². The Hall–Kier alpha value is -4.37. The summed E-state index contributed by atoms with van der Waals surface area (Å²) in [7, 11) is -3.37. The number of hydrogen-bond acceptors (Lipinski definition) is 5. The summed E-state index contributed by atoms with van der Waals surface area (Å²) in [5.41, 5.74) is 4.87. The lowest BCUT2D eigenvalue weighted by Crippen LogP contribution is -2.12. The quantitative estimate of drug-likeness (QED) is 0.333. The Bertz CT molecular complexity index is 1460. The van der Waals surface area contributed by atoms with Gasteiger partial charge in [-0.15, -0.1) is 0 Å². The normalized spacial score (nSPS) is 11.0. The number of sulfonamides is 1. The number of benzene rings is 3. The number of furan rings is 1. The van der Waals surface area contributed by atoms with Crippen LogP contribution in [0, 0.1) is 6.92 Å². The van der Waals surface area contributed by atoms with Crippen molar-refractivity contribution in [1.82, 2.24) is 0 Å². The van der Waals surface area contributed by atoms with Gasteiger partial charge in [0.05, 0.1) is 12.5 Å². The molecule has 0 aliphatic rings. The zero-order valence-electron chi connectivity index (χ0n) is 19.0. The fraction of sp³-hybridized carbons (Fsp3) is 0.0769. The molecule has 0 bridgehead atoms. The van der Waals surface area contributed by atoms with Gasteiger partial charge in [0.25, 0.3) is 11.8 Å². The second kappa shape index (κ2) is 9.86. The van der Waals surface area contributed by atoms with Gasteiger partial charge in [-0.2, -0.15) is 0 Å². The molecule has 0 radical (unpaired) electrons. The van der Waals surface area contributed by atoms with Gasteiger partial charge in [0.1, 0.15) is 0 Å². The highest BCUT2D eigenvalue weighted by atomic mass is 32.2. The summed E-state index contributed by atoms with van der Waals surface area (Å²) in [4.78, 5) is 24.9. The predicted octanol–water partition coefficient (Wildman–Crippen LogP) is 5.13. The molecule has 4 rings (SSSR count). The number of hydrogen-bond donors (Lipinski definition) is 3. The predicted molar refractivity (Wildman–Crippen MR) is 136 cm³/mol. The van der Waals surface area contributed by atoms with Gasteiger partial charge in [0, 0.05) is 22.6 Å². The number of carbonyl (C=O) groups is 2. The molecule has 0 fully saturated rings. The van der Waals surface area contributed by atoms with E-state index < -0.39 is 10.0 Å². The van der Waals surface area contributed by atoms with Crippen LogP contribution in [0.25, 0.3) is 11.1 Å². The molecule has 0 aliphatic heterocycles. The summed E-state index contributed by atoms with van der Waals surface area (Å²) < 4.78 is 30.1. The fourth-order valence-corrected chi connectivity index (χ4v) is 4.02. The van der Waals surface area contributed by atoms with Crippen molar-refractivity contribution in [2.45, 2.75) is 6.92 Å². The molecule has 0 saturated carbocycles. The molecule has 0 atom stereocenters. The third-order valence-corrected chi connectivity index (χ3v) is 5.75. The molecule has 4 aromatic rings. The Morgan fingerprint density at radius 1 is 0.771 bits per heavy atom. The molecule has 8 nitrogen and oxygen atoms in total. The van der Waals surface area contributed by atoms with Crippen LogP contribution in [0.15, 0.2) is 89.5 Å². The molecular weight excluding hydrogens is 466 g/mol. The Labute approximate surface area is 203 Å². The van der Waals surface area contributed by atoms with E-state index in [1.807, 2.05) is 37.3 Å². The Kier molecular flexibility index (Phi) is 6.70. The Morgan fingerprint density at radius 2 is 1.40 bits per heavy atom. The molecule has 0 saturated heterocycles. The number of carbonyl (C=O) groups excluding carboxylic acids is 2. The van der Waals surface area contributed by atoms with Crippen LogP contribution in [0.1, 0.15) is 26.5 Å². The van der Waals surface area contributed by atoms with E-state index >= 15 is 0 Å². The van der Waals surface area contributed by atoms with E-state index in [0.717, 1.165) is 22.9 Å². The summed E-state index contributed by atoms with van der Waals surface area (Å²) >= 11 is 0. The molecule has 2 amide bonds. The van der Waals surface area contributed by atoms with Gasteiger partial charge in [-0.1, -0.05) is 18.2 Å². The van der Waals surface area contributed by atoms with Gasteiger partial charge in [0.2, 0.25) is 10.0 Å². The maximum absolute atomic E-state index is 12.7. The lowest BCUT2D eigenvalue weighted by Gasteiger charge is -2.11. The van der Waals surface area contributed by atoms with E-state index in [1.165, 1.54) is 6.26 Å². The lowest BCUT2D eigenvalue weighted by molar-refractivity contribution is 0.0994. The molecule has 1 aromatic heterocycles. The maximum Gasteiger partial charge on any atom is 0.291 e. The van der Waals surface area contributed by atoms with Gasteiger partial charge in [0.15, 0.2) is 5.76 Å². The van der Waals surface area contributed by atoms with Crippen molar-refractivity contribution >= 4 is 38.9 Å². The van der Waals surface area contributed by atoms with E-state index in [0.29, 0.717) is 22.6 Å². The summed E-state index contributed by atoms with van der Waals surface area (Å²) in [5.74, 6) is -0.405. The van der Waals surface area contributed by atoms with Gasteiger partial charge < -0.3 is 15.1 Å². The van der Waals surface area contributed by atoms with Crippen LogP contribution >= 0.6 is 0 Å². The second-order valence-corrected chi connectivity index (χ2v) is 9.69. The summed E-state index contributed by atoms with van der Waals surface area (Å²) in [5, 5.41) is 5.61. The van der Waals surface area contributed by atoms with Gasteiger partial charge >= 0.3 is 0 Å². The number of amides is 2. The third-order valence-electron chi connectivity index (χ3n) is 5.14. The average Bonchev–Trinajstić information content (AvgIpc) is 3.36. The Balaban J connectivity index is 1.45. The zero-order chi connectivity index (χ0) is 25.0. The van der Waals surface area contributed by atoms with Crippen molar-refractivity contribution < 1.29 is 22.4 Å². The van der Waals surface area contributed by atoms with E-state index in [4.69, 9.17) is 4.42 Å². The first kappa shape index (κ1) is 23.8. The highest BCUT2D eigenvalue weighted by Crippen LogP contribution is 2.27. The summed E-state index contributed by atoms with van der Waals surface area (Å²) in [6.45, 7) is 1.97. The van der Waals surface area contributed by atoms with Gasteiger partial charge in [-0.05, 0) is 84.3 Å². The molecule has 0 unspecified atom stereocenters. The van der Waals surface area contributed by atoms with Crippen molar-refractivity contribution in [2.24, 2.45) is 0 Å². The summed E-state index contributed by atoms with van der Waals surface area (Å²) in [6.07, 6.45) is 2.51. The minimum atomic E-state index is -3.37. The number of rotatable bonds is 7. The molecule has 3 N–H and O–H groups in total. The number of aryl methyl sites for hydroxylation is 1. The summed E-state index contributed by atoms with van der Waals surface area (Å²) in [6, 6.07) is 22.3. The first-order chi connectivity index (χ1) is 16.7. The first-order valence-electron chi connectivity index (χ1n) is 10.6. The smallest absolute Gasteiger partial charge is 0.291 e. The SMILES string of the molecule is Cc1ccc(NC(=O)c2ccco2)cc1-c1ccc(C(=O)Nc2ccc(NS(C)(=O)=O)cc2)cc1.